The fourth-order valence-electron chi connectivity index (χ4n) is 2.91. The summed E-state index contributed by atoms with van der Waals surface area (Å²) >= 11 is 1.82. The molecular weight excluding hydrogens is 282 g/mol. The van der Waals surface area contributed by atoms with Crippen molar-refractivity contribution < 1.29 is 4.74 Å². The highest BCUT2D eigenvalue weighted by Gasteiger charge is 2.22. The molecule has 4 nitrogen and oxygen atoms in total. The largest absolute Gasteiger partial charge is 0.378 e. The molecule has 0 aliphatic heterocycles. The van der Waals surface area contributed by atoms with Crippen LogP contribution in [-0.2, 0) is 17.9 Å². The Hall–Kier alpha value is -0.650. The lowest BCUT2D eigenvalue weighted by Gasteiger charge is -2.30. The number of hydrogen-bond acceptors (Lipinski definition) is 5. The highest BCUT2D eigenvalue weighted by Crippen LogP contribution is 2.31. The Morgan fingerprint density at radius 2 is 2.10 bits per heavy atom. The van der Waals surface area contributed by atoms with Gasteiger partial charge < -0.3 is 15.0 Å². The molecule has 1 fully saturated rings. The average Bonchev–Trinajstić information content (AvgIpc) is 2.91. The van der Waals surface area contributed by atoms with Crippen molar-refractivity contribution in [1.29, 1.82) is 0 Å². The zero-order valence-electron chi connectivity index (χ0n) is 13.7. The van der Waals surface area contributed by atoms with Crippen LogP contribution in [0, 0.1) is 0 Å². The molecule has 0 bridgehead atoms. The maximum Gasteiger partial charge on any atom is 0.185 e. The average molecular weight is 311 g/mol. The van der Waals surface area contributed by atoms with Crippen molar-refractivity contribution in [2.45, 2.75) is 64.6 Å². The number of rotatable bonds is 8. The standard InChI is InChI=1S/C16H29N3OS/c1-4-10-17-11-15-14(12-20-3)18-16(21-15)19(2)13-8-6-5-7-9-13/h13,17H,4-12H2,1-3H3. The molecule has 1 heterocycles. The van der Waals surface area contributed by atoms with Crippen LogP contribution in [0.25, 0.3) is 0 Å². The molecule has 1 aromatic heterocycles. The van der Waals surface area contributed by atoms with Gasteiger partial charge in [-0.2, -0.15) is 0 Å². The molecule has 0 spiro atoms. The molecule has 1 aliphatic rings. The van der Waals surface area contributed by atoms with Gasteiger partial charge in [0.2, 0.25) is 0 Å². The van der Waals surface area contributed by atoms with E-state index in [4.69, 9.17) is 9.72 Å². The lowest BCUT2D eigenvalue weighted by molar-refractivity contribution is 0.181. The van der Waals surface area contributed by atoms with E-state index in [-0.39, 0.29) is 0 Å². The van der Waals surface area contributed by atoms with E-state index in [2.05, 4.69) is 24.2 Å². The first-order chi connectivity index (χ1) is 10.3. The van der Waals surface area contributed by atoms with Crippen molar-refractivity contribution in [2.75, 3.05) is 25.6 Å². The smallest absolute Gasteiger partial charge is 0.185 e. The predicted octanol–water partition coefficient (Wildman–Crippen LogP) is 3.56. The normalized spacial score (nSPS) is 16.3. The first-order valence-electron chi connectivity index (χ1n) is 8.17. The number of nitrogens with zero attached hydrogens (tertiary/aromatic N) is 2. The van der Waals surface area contributed by atoms with Crippen molar-refractivity contribution in [3.63, 3.8) is 0 Å². The van der Waals surface area contributed by atoms with E-state index in [0.717, 1.165) is 30.3 Å². The van der Waals surface area contributed by atoms with Gasteiger partial charge >= 0.3 is 0 Å². The van der Waals surface area contributed by atoms with Gasteiger partial charge in [0.15, 0.2) is 5.13 Å². The second kappa shape index (κ2) is 8.71. The minimum atomic E-state index is 0.609. The third-order valence-electron chi connectivity index (χ3n) is 4.18. The Labute approximate surface area is 132 Å². The van der Waals surface area contributed by atoms with Crippen LogP contribution in [-0.4, -0.2) is 31.7 Å². The van der Waals surface area contributed by atoms with Crippen molar-refractivity contribution in [2.24, 2.45) is 0 Å². The minimum absolute atomic E-state index is 0.609. The van der Waals surface area contributed by atoms with Crippen molar-refractivity contribution >= 4 is 16.5 Å². The second-order valence-corrected chi connectivity index (χ2v) is 6.94. The molecule has 0 radical (unpaired) electrons. The molecule has 5 heteroatoms. The monoisotopic (exact) mass is 311 g/mol. The maximum atomic E-state index is 5.31. The van der Waals surface area contributed by atoms with Crippen molar-refractivity contribution in [3.05, 3.63) is 10.6 Å². The van der Waals surface area contributed by atoms with E-state index < -0.39 is 0 Å². The Bertz CT molecular complexity index is 416. The number of methoxy groups -OCH3 is 1. The van der Waals surface area contributed by atoms with Crippen molar-refractivity contribution in [3.8, 4) is 0 Å². The SMILES string of the molecule is CCCNCc1sc(N(C)C2CCCCC2)nc1COC. The van der Waals surface area contributed by atoms with Gasteiger partial charge in [-0.15, -0.1) is 11.3 Å². The molecule has 0 atom stereocenters. The third-order valence-corrected chi connectivity index (χ3v) is 5.37. The highest BCUT2D eigenvalue weighted by atomic mass is 32.1. The summed E-state index contributed by atoms with van der Waals surface area (Å²) in [5.74, 6) is 0. The van der Waals surface area contributed by atoms with Crippen LogP contribution >= 0.6 is 11.3 Å². The molecule has 1 saturated carbocycles. The van der Waals surface area contributed by atoms with E-state index in [9.17, 15) is 0 Å². The third kappa shape index (κ3) is 4.66. The summed E-state index contributed by atoms with van der Waals surface area (Å²) in [4.78, 5) is 8.55. The van der Waals surface area contributed by atoms with Crippen LogP contribution in [0.3, 0.4) is 0 Å². The van der Waals surface area contributed by atoms with E-state index in [1.54, 1.807) is 7.11 Å². The zero-order chi connectivity index (χ0) is 15.1. The van der Waals surface area contributed by atoms with Crippen LogP contribution < -0.4 is 10.2 Å². The molecule has 0 unspecified atom stereocenters. The number of aromatic nitrogens is 1. The maximum absolute atomic E-state index is 5.31. The quantitative estimate of drug-likeness (QED) is 0.745. The summed E-state index contributed by atoms with van der Waals surface area (Å²) in [5, 5.41) is 4.63. The fourth-order valence-corrected chi connectivity index (χ4v) is 3.98. The molecular formula is C16H29N3OS. The summed E-state index contributed by atoms with van der Waals surface area (Å²) < 4.78 is 5.31. The molecule has 0 aromatic carbocycles. The Morgan fingerprint density at radius 3 is 2.76 bits per heavy atom. The van der Waals surface area contributed by atoms with Gasteiger partial charge in [0, 0.05) is 31.6 Å². The molecule has 1 aromatic rings. The zero-order valence-corrected chi connectivity index (χ0v) is 14.5. The lowest BCUT2D eigenvalue weighted by atomic mass is 9.95. The number of ether oxygens (including phenoxy) is 1. The van der Waals surface area contributed by atoms with E-state index in [1.165, 1.54) is 37.0 Å². The summed E-state index contributed by atoms with van der Waals surface area (Å²) in [7, 11) is 3.95. The molecule has 120 valence electrons. The molecule has 0 amide bonds. The predicted molar refractivity (Wildman–Crippen MR) is 90.1 cm³/mol. The number of hydrogen-bond donors (Lipinski definition) is 1. The summed E-state index contributed by atoms with van der Waals surface area (Å²) in [6.45, 7) is 4.76. The van der Waals surface area contributed by atoms with Gasteiger partial charge in [-0.1, -0.05) is 26.2 Å². The Balaban J connectivity index is 2.05. The minimum Gasteiger partial charge on any atom is -0.378 e. The van der Waals surface area contributed by atoms with Gasteiger partial charge in [0.05, 0.1) is 12.3 Å². The lowest BCUT2D eigenvalue weighted by Crippen LogP contribution is -2.33. The Morgan fingerprint density at radius 1 is 1.33 bits per heavy atom. The second-order valence-electron chi connectivity index (χ2n) is 5.88. The topological polar surface area (TPSA) is 37.4 Å². The molecule has 2 rings (SSSR count). The number of thiazole rings is 1. The number of anilines is 1. The van der Waals surface area contributed by atoms with Gasteiger partial charge in [0.1, 0.15) is 0 Å². The van der Waals surface area contributed by atoms with Gasteiger partial charge in [0.25, 0.3) is 0 Å². The summed E-state index contributed by atoms with van der Waals surface area (Å²) in [6, 6.07) is 0.664. The Kier molecular flexibility index (Phi) is 6.93. The molecule has 1 N–H and O–H groups in total. The molecule has 21 heavy (non-hydrogen) atoms. The van der Waals surface area contributed by atoms with Crippen LogP contribution in [0.2, 0.25) is 0 Å². The number of nitrogens with one attached hydrogen (secondary N) is 1. The van der Waals surface area contributed by atoms with Crippen LogP contribution in [0.1, 0.15) is 56.0 Å². The fraction of sp³-hybridized carbons (Fsp3) is 0.812. The van der Waals surface area contributed by atoms with Crippen LogP contribution in [0.4, 0.5) is 5.13 Å². The highest BCUT2D eigenvalue weighted by molar-refractivity contribution is 7.15. The van der Waals surface area contributed by atoms with E-state index >= 15 is 0 Å². The first-order valence-corrected chi connectivity index (χ1v) is 8.99. The van der Waals surface area contributed by atoms with E-state index in [0.29, 0.717) is 12.6 Å². The molecule has 0 saturated heterocycles. The summed E-state index contributed by atoms with van der Waals surface area (Å²) in [5.41, 5.74) is 1.10. The van der Waals surface area contributed by atoms with Gasteiger partial charge in [-0.3, -0.25) is 0 Å². The van der Waals surface area contributed by atoms with E-state index in [1.807, 2.05) is 11.3 Å². The van der Waals surface area contributed by atoms with Gasteiger partial charge in [-0.05, 0) is 25.8 Å². The van der Waals surface area contributed by atoms with Crippen LogP contribution in [0.15, 0.2) is 0 Å². The van der Waals surface area contributed by atoms with Crippen LogP contribution in [0.5, 0.6) is 0 Å². The molecule has 1 aliphatic carbocycles. The van der Waals surface area contributed by atoms with Crippen molar-refractivity contribution in [1.82, 2.24) is 10.3 Å². The van der Waals surface area contributed by atoms with Gasteiger partial charge in [-0.25, -0.2) is 4.98 Å². The summed E-state index contributed by atoms with van der Waals surface area (Å²) in [6.07, 6.45) is 7.88. The first kappa shape index (κ1) is 16.7.